The zero-order chi connectivity index (χ0) is 12.1. The van der Waals surface area contributed by atoms with Crippen LogP contribution in [0, 0.1) is 23.1 Å². The van der Waals surface area contributed by atoms with E-state index in [1.807, 2.05) is 6.07 Å². The third kappa shape index (κ3) is 3.32. The molecule has 0 fully saturated rings. The first kappa shape index (κ1) is 12.7. The normalized spacial score (nSPS) is 12.5. The number of benzene rings is 1. The van der Waals surface area contributed by atoms with Crippen LogP contribution in [0.5, 0.6) is 0 Å². The Balaban J connectivity index is 2.77. The van der Waals surface area contributed by atoms with Crippen molar-refractivity contribution in [2.24, 2.45) is 11.7 Å². The van der Waals surface area contributed by atoms with Gasteiger partial charge in [0.2, 0.25) is 0 Å². The molecule has 86 valence electrons. The van der Waals surface area contributed by atoms with Gasteiger partial charge in [-0.1, -0.05) is 19.9 Å². The first-order valence-corrected chi connectivity index (χ1v) is 5.49. The Morgan fingerprint density at radius 1 is 1.38 bits per heavy atom. The van der Waals surface area contributed by atoms with E-state index >= 15 is 0 Å². The van der Waals surface area contributed by atoms with Crippen molar-refractivity contribution in [2.75, 3.05) is 0 Å². The van der Waals surface area contributed by atoms with Gasteiger partial charge in [-0.05, 0) is 36.5 Å². The second-order valence-electron chi connectivity index (χ2n) is 4.43. The summed E-state index contributed by atoms with van der Waals surface area (Å²) in [6, 6.07) is 6.21. The number of halogens is 1. The second-order valence-corrected chi connectivity index (χ2v) is 4.43. The van der Waals surface area contributed by atoms with Crippen LogP contribution in [0.25, 0.3) is 0 Å². The minimum Gasteiger partial charge on any atom is -0.324 e. The molecule has 0 amide bonds. The molecular formula is C13H17FN2. The van der Waals surface area contributed by atoms with Crippen molar-refractivity contribution in [3.63, 3.8) is 0 Å². The van der Waals surface area contributed by atoms with E-state index in [1.54, 1.807) is 12.1 Å². The van der Waals surface area contributed by atoms with Crippen molar-refractivity contribution in [1.82, 2.24) is 0 Å². The maximum Gasteiger partial charge on any atom is 0.140 e. The highest BCUT2D eigenvalue weighted by Gasteiger charge is 2.10. The Morgan fingerprint density at radius 2 is 2.06 bits per heavy atom. The molecule has 0 bridgehead atoms. The molecule has 0 saturated heterocycles. The predicted molar refractivity (Wildman–Crippen MR) is 62.1 cm³/mol. The van der Waals surface area contributed by atoms with Crippen molar-refractivity contribution in [3.05, 3.63) is 35.1 Å². The van der Waals surface area contributed by atoms with Gasteiger partial charge in [0.05, 0.1) is 5.56 Å². The summed E-state index contributed by atoms with van der Waals surface area (Å²) in [6.07, 6.45) is 1.88. The molecule has 0 aromatic heterocycles. The topological polar surface area (TPSA) is 49.8 Å². The van der Waals surface area contributed by atoms with E-state index in [4.69, 9.17) is 11.0 Å². The number of hydrogen-bond donors (Lipinski definition) is 1. The van der Waals surface area contributed by atoms with E-state index in [1.165, 1.54) is 6.07 Å². The van der Waals surface area contributed by atoms with Gasteiger partial charge in [-0.15, -0.1) is 0 Å². The molecule has 2 nitrogen and oxygen atoms in total. The largest absolute Gasteiger partial charge is 0.324 e. The molecule has 0 aliphatic rings. The third-order valence-electron chi connectivity index (χ3n) is 2.59. The average Bonchev–Trinajstić information content (AvgIpc) is 2.26. The third-order valence-corrected chi connectivity index (χ3v) is 2.59. The smallest absolute Gasteiger partial charge is 0.140 e. The summed E-state index contributed by atoms with van der Waals surface area (Å²) in [5.41, 5.74) is 6.88. The fourth-order valence-electron chi connectivity index (χ4n) is 1.54. The number of nitrogens with two attached hydrogens (primary N) is 1. The first-order valence-electron chi connectivity index (χ1n) is 5.49. The number of nitrogens with zero attached hydrogens (tertiary/aromatic N) is 1. The SMILES string of the molecule is CC(C)CC[C@@H](N)c1ccc(F)c(C#N)c1. The predicted octanol–water partition coefficient (Wildman–Crippen LogP) is 3.13. The van der Waals surface area contributed by atoms with E-state index in [0.29, 0.717) is 5.92 Å². The standard InChI is InChI=1S/C13H17FN2/c1-9(2)3-6-13(16)10-4-5-12(14)11(7-10)8-15/h4-5,7,9,13H,3,6,16H2,1-2H3/t13-/m1/s1. The second kappa shape index (κ2) is 5.62. The molecule has 0 heterocycles. The molecule has 16 heavy (non-hydrogen) atoms. The molecule has 0 saturated carbocycles. The molecule has 2 N–H and O–H groups in total. The molecule has 0 unspecified atom stereocenters. The van der Waals surface area contributed by atoms with Crippen molar-refractivity contribution in [3.8, 4) is 6.07 Å². The Bertz CT molecular complexity index is 393. The highest BCUT2D eigenvalue weighted by molar-refractivity contribution is 5.35. The Kier molecular flexibility index (Phi) is 4.45. The van der Waals surface area contributed by atoms with Crippen LogP contribution in [-0.4, -0.2) is 0 Å². The van der Waals surface area contributed by atoms with E-state index in [-0.39, 0.29) is 11.6 Å². The van der Waals surface area contributed by atoms with Crippen LogP contribution in [-0.2, 0) is 0 Å². The molecule has 3 heteroatoms. The van der Waals surface area contributed by atoms with Crippen LogP contribution in [0.4, 0.5) is 4.39 Å². The van der Waals surface area contributed by atoms with Gasteiger partial charge in [-0.3, -0.25) is 0 Å². The van der Waals surface area contributed by atoms with E-state index in [9.17, 15) is 4.39 Å². The molecular weight excluding hydrogens is 203 g/mol. The lowest BCUT2D eigenvalue weighted by molar-refractivity contribution is 0.506. The molecule has 0 aliphatic carbocycles. The number of hydrogen-bond acceptors (Lipinski definition) is 2. The summed E-state index contributed by atoms with van der Waals surface area (Å²) >= 11 is 0. The van der Waals surface area contributed by atoms with Gasteiger partial charge in [0.1, 0.15) is 11.9 Å². The van der Waals surface area contributed by atoms with Crippen LogP contribution in [0.1, 0.15) is 43.9 Å². The van der Waals surface area contributed by atoms with Crippen molar-refractivity contribution < 1.29 is 4.39 Å². The van der Waals surface area contributed by atoms with Gasteiger partial charge in [0, 0.05) is 6.04 Å². The molecule has 1 atom stereocenters. The fraction of sp³-hybridized carbons (Fsp3) is 0.462. The molecule has 0 spiro atoms. The van der Waals surface area contributed by atoms with E-state index in [0.717, 1.165) is 18.4 Å². The summed E-state index contributed by atoms with van der Waals surface area (Å²) in [5, 5.41) is 8.71. The monoisotopic (exact) mass is 220 g/mol. The Labute approximate surface area is 95.9 Å². The average molecular weight is 220 g/mol. The first-order chi connectivity index (χ1) is 7.54. The van der Waals surface area contributed by atoms with E-state index in [2.05, 4.69) is 13.8 Å². The Morgan fingerprint density at radius 3 is 2.62 bits per heavy atom. The van der Waals surface area contributed by atoms with E-state index < -0.39 is 5.82 Å². The molecule has 1 rings (SSSR count). The van der Waals surface area contributed by atoms with Crippen LogP contribution in [0.15, 0.2) is 18.2 Å². The van der Waals surface area contributed by atoms with Crippen molar-refractivity contribution in [2.45, 2.75) is 32.7 Å². The molecule has 0 aliphatic heterocycles. The van der Waals surface area contributed by atoms with Gasteiger partial charge < -0.3 is 5.73 Å². The fourth-order valence-corrected chi connectivity index (χ4v) is 1.54. The van der Waals surface area contributed by atoms with Gasteiger partial charge in [0.15, 0.2) is 0 Å². The van der Waals surface area contributed by atoms with Gasteiger partial charge in [-0.2, -0.15) is 5.26 Å². The lowest BCUT2D eigenvalue weighted by Gasteiger charge is -2.13. The van der Waals surface area contributed by atoms with Crippen LogP contribution >= 0.6 is 0 Å². The van der Waals surface area contributed by atoms with Gasteiger partial charge >= 0.3 is 0 Å². The zero-order valence-corrected chi connectivity index (χ0v) is 9.70. The summed E-state index contributed by atoms with van der Waals surface area (Å²) in [4.78, 5) is 0. The Hall–Kier alpha value is -1.40. The van der Waals surface area contributed by atoms with Crippen molar-refractivity contribution in [1.29, 1.82) is 5.26 Å². The maximum absolute atomic E-state index is 13.1. The maximum atomic E-state index is 13.1. The quantitative estimate of drug-likeness (QED) is 0.847. The van der Waals surface area contributed by atoms with Crippen LogP contribution in [0.2, 0.25) is 0 Å². The zero-order valence-electron chi connectivity index (χ0n) is 9.70. The minimum atomic E-state index is -0.484. The van der Waals surface area contributed by atoms with Crippen LogP contribution in [0.3, 0.4) is 0 Å². The molecule has 0 radical (unpaired) electrons. The van der Waals surface area contributed by atoms with Gasteiger partial charge in [-0.25, -0.2) is 4.39 Å². The van der Waals surface area contributed by atoms with Crippen molar-refractivity contribution >= 4 is 0 Å². The van der Waals surface area contributed by atoms with Gasteiger partial charge in [0.25, 0.3) is 0 Å². The van der Waals surface area contributed by atoms with Crippen LogP contribution < -0.4 is 5.73 Å². The molecule has 1 aromatic carbocycles. The summed E-state index contributed by atoms with van der Waals surface area (Å²) in [7, 11) is 0. The molecule has 1 aromatic rings. The number of nitriles is 1. The summed E-state index contributed by atoms with van der Waals surface area (Å²) < 4.78 is 13.1. The summed E-state index contributed by atoms with van der Waals surface area (Å²) in [6.45, 7) is 4.27. The highest BCUT2D eigenvalue weighted by atomic mass is 19.1. The highest BCUT2D eigenvalue weighted by Crippen LogP contribution is 2.20. The minimum absolute atomic E-state index is 0.0671. The lowest BCUT2D eigenvalue weighted by Crippen LogP contribution is -2.11. The number of rotatable bonds is 4. The summed E-state index contributed by atoms with van der Waals surface area (Å²) in [5.74, 6) is 0.115. The lowest BCUT2D eigenvalue weighted by atomic mass is 9.97.